The average molecular weight is 799 g/mol. The van der Waals surface area contributed by atoms with Gasteiger partial charge in [0.2, 0.25) is 0 Å². The fourth-order valence-corrected chi connectivity index (χ4v) is 13.8. The van der Waals surface area contributed by atoms with Crippen molar-refractivity contribution < 1.29 is 70.0 Å². The Morgan fingerprint density at radius 3 is 2.04 bits per heavy atom. The first-order valence-electron chi connectivity index (χ1n) is 21.0. The predicted octanol–water partition coefficient (Wildman–Crippen LogP) is 0.731. The van der Waals surface area contributed by atoms with Crippen molar-refractivity contribution in [3.05, 3.63) is 11.6 Å². The maximum Gasteiger partial charge on any atom is 0.187 e. The number of ether oxygens (including phenoxy) is 4. The fraction of sp³-hybridized carbons (Fsp3) is 0.952. The third-order valence-corrected chi connectivity index (χ3v) is 17.4. The van der Waals surface area contributed by atoms with Crippen LogP contribution in [0.15, 0.2) is 11.6 Å². The molecule has 7 aliphatic rings. The van der Waals surface area contributed by atoms with E-state index in [1.807, 2.05) is 6.92 Å². The van der Waals surface area contributed by atoms with Crippen molar-refractivity contribution in [2.45, 2.75) is 180 Å². The number of allylic oxidation sites excluding steroid dienone is 1. The lowest BCUT2D eigenvalue weighted by atomic mass is 9.33. The van der Waals surface area contributed by atoms with Crippen molar-refractivity contribution in [3.63, 3.8) is 0 Å². The molecule has 0 radical (unpaired) electrons. The Kier molecular flexibility index (Phi) is 11.3. The van der Waals surface area contributed by atoms with E-state index in [0.717, 1.165) is 32.1 Å². The normalized spacial score (nSPS) is 56.9. The number of fused-ring (bicyclic) bond motifs is 7. The second-order valence-electron chi connectivity index (χ2n) is 20.8. The highest BCUT2D eigenvalue weighted by Crippen LogP contribution is 2.76. The zero-order chi connectivity index (χ0) is 41.1. The molecular weight excluding hydrogens is 728 g/mol. The first-order valence-corrected chi connectivity index (χ1v) is 21.0. The predicted molar refractivity (Wildman–Crippen MR) is 200 cm³/mol. The summed E-state index contributed by atoms with van der Waals surface area (Å²) < 4.78 is 24.0. The minimum absolute atomic E-state index is 0.0351. The van der Waals surface area contributed by atoms with Crippen LogP contribution in [-0.4, -0.2) is 151 Å². The van der Waals surface area contributed by atoms with Gasteiger partial charge in [-0.1, -0.05) is 53.2 Å². The summed E-state index contributed by atoms with van der Waals surface area (Å²) in [5.41, 5.74) is -1.56. The molecule has 0 spiro atoms. The lowest BCUT2D eigenvalue weighted by Gasteiger charge is -2.72. The van der Waals surface area contributed by atoms with Crippen LogP contribution in [0.3, 0.4) is 0 Å². The molecule has 2 aliphatic heterocycles. The van der Waals surface area contributed by atoms with Gasteiger partial charge in [-0.15, -0.1) is 0 Å². The Bertz CT molecular complexity index is 1480. The summed E-state index contributed by atoms with van der Waals surface area (Å²) in [6.45, 7) is 13.9. The molecule has 0 amide bonds. The molecule has 5 unspecified atom stereocenters. The van der Waals surface area contributed by atoms with E-state index in [2.05, 4.69) is 40.7 Å². The number of hydrogen-bond acceptors (Lipinski definition) is 14. The molecule has 56 heavy (non-hydrogen) atoms. The second-order valence-corrected chi connectivity index (χ2v) is 20.8. The summed E-state index contributed by atoms with van der Waals surface area (Å²) >= 11 is 0. The Balaban J connectivity index is 1.15. The Labute approximate surface area is 330 Å². The smallest absolute Gasteiger partial charge is 0.187 e. The maximum atomic E-state index is 12.4. The molecule has 14 heteroatoms. The van der Waals surface area contributed by atoms with Crippen LogP contribution < -0.4 is 0 Å². The molecule has 0 aromatic rings. The molecule has 5 aliphatic carbocycles. The van der Waals surface area contributed by atoms with Crippen LogP contribution in [0.1, 0.15) is 99.8 Å². The van der Waals surface area contributed by atoms with Gasteiger partial charge in [-0.25, -0.2) is 0 Å². The minimum atomic E-state index is -1.75. The van der Waals surface area contributed by atoms with Crippen LogP contribution in [0, 0.1) is 50.2 Å². The minimum Gasteiger partial charge on any atom is -0.396 e. The number of hydrogen-bond donors (Lipinski definition) is 10. The van der Waals surface area contributed by atoms with Gasteiger partial charge in [0, 0.05) is 16.7 Å². The monoisotopic (exact) mass is 798 g/mol. The molecule has 0 bridgehead atoms. The van der Waals surface area contributed by atoms with Gasteiger partial charge in [0.25, 0.3) is 0 Å². The van der Waals surface area contributed by atoms with Gasteiger partial charge in [0.1, 0.15) is 42.7 Å². The van der Waals surface area contributed by atoms with E-state index in [4.69, 9.17) is 18.9 Å². The van der Waals surface area contributed by atoms with Crippen LogP contribution in [0.2, 0.25) is 0 Å². The molecular formula is C42H70O14. The Morgan fingerprint density at radius 2 is 1.39 bits per heavy atom. The van der Waals surface area contributed by atoms with Crippen molar-refractivity contribution in [3.8, 4) is 0 Å². The van der Waals surface area contributed by atoms with Gasteiger partial charge in [-0.05, 0) is 91.8 Å². The van der Waals surface area contributed by atoms with Crippen molar-refractivity contribution in [1.29, 1.82) is 0 Å². The van der Waals surface area contributed by atoms with Gasteiger partial charge >= 0.3 is 0 Å². The van der Waals surface area contributed by atoms with Crippen LogP contribution in [-0.2, 0) is 18.9 Å². The molecule has 14 nitrogen and oxygen atoms in total. The van der Waals surface area contributed by atoms with Gasteiger partial charge < -0.3 is 70.0 Å². The molecule has 2 heterocycles. The van der Waals surface area contributed by atoms with E-state index in [0.29, 0.717) is 19.3 Å². The molecule has 10 N–H and O–H groups in total. The van der Waals surface area contributed by atoms with E-state index >= 15 is 0 Å². The summed E-state index contributed by atoms with van der Waals surface area (Å²) in [6.07, 6.45) is -9.02. The molecule has 322 valence electrons. The first-order chi connectivity index (χ1) is 26.1. The zero-order valence-electron chi connectivity index (χ0n) is 34.2. The lowest BCUT2D eigenvalue weighted by molar-refractivity contribution is -0.368. The molecule has 0 aromatic heterocycles. The molecule has 2 saturated heterocycles. The van der Waals surface area contributed by atoms with E-state index in [-0.39, 0.29) is 36.4 Å². The molecule has 4 saturated carbocycles. The molecule has 21 atom stereocenters. The third-order valence-electron chi connectivity index (χ3n) is 17.4. The lowest BCUT2D eigenvalue weighted by Crippen LogP contribution is -2.70. The van der Waals surface area contributed by atoms with Crippen molar-refractivity contribution in [1.82, 2.24) is 0 Å². The summed E-state index contributed by atoms with van der Waals surface area (Å²) in [6, 6.07) is 0. The van der Waals surface area contributed by atoms with Gasteiger partial charge in [0.15, 0.2) is 12.6 Å². The van der Waals surface area contributed by atoms with E-state index in [1.165, 1.54) is 5.57 Å². The van der Waals surface area contributed by atoms with Crippen molar-refractivity contribution in [2.75, 3.05) is 19.8 Å². The Morgan fingerprint density at radius 1 is 0.714 bits per heavy atom. The largest absolute Gasteiger partial charge is 0.396 e. The number of aliphatic hydroxyl groups excluding tert-OH is 10. The van der Waals surface area contributed by atoms with Crippen molar-refractivity contribution in [2.24, 2.45) is 50.2 Å². The topological polar surface area (TPSA) is 239 Å². The summed E-state index contributed by atoms with van der Waals surface area (Å²) in [5.74, 6) is -0.373. The second kappa shape index (κ2) is 14.7. The maximum absolute atomic E-state index is 12.4. The van der Waals surface area contributed by atoms with Crippen LogP contribution >= 0.6 is 0 Å². The standard InChI is InChI=1S/C42H70O14/c1-20-28(48)33(56-35-31(51)30(50)29(49)24(17-43)54-35)32(52)36(53-20)55-27-9-10-38(4)25(39(27,5)18-44)8-11-40(6)34(38)23(46)14-21-22-15-37(2,3)12-13-42(22,19-45)26(47)16-41(21,40)7/h14,20,22-36,43-52H,8-13,15-19H2,1-7H3/t20-,22?,23?,24-,25?,26+,27+,28+,29-,30+,31-,32-,33+,34?,35+,36+,38+,39+,40-,41-,42?/m1/s1. The first kappa shape index (κ1) is 43.3. The van der Waals surface area contributed by atoms with E-state index < -0.39 is 113 Å². The summed E-state index contributed by atoms with van der Waals surface area (Å²) in [4.78, 5) is 0. The van der Waals surface area contributed by atoms with E-state index in [1.54, 1.807) is 6.92 Å². The van der Waals surface area contributed by atoms with Crippen LogP contribution in [0.25, 0.3) is 0 Å². The fourth-order valence-electron chi connectivity index (χ4n) is 13.8. The van der Waals surface area contributed by atoms with Gasteiger partial charge in [0.05, 0.1) is 44.2 Å². The highest BCUT2D eigenvalue weighted by Gasteiger charge is 2.72. The third kappa shape index (κ3) is 6.17. The molecule has 6 fully saturated rings. The highest BCUT2D eigenvalue weighted by atomic mass is 16.7. The van der Waals surface area contributed by atoms with Crippen LogP contribution in [0.4, 0.5) is 0 Å². The zero-order valence-corrected chi connectivity index (χ0v) is 34.2. The van der Waals surface area contributed by atoms with Crippen LogP contribution in [0.5, 0.6) is 0 Å². The van der Waals surface area contributed by atoms with Gasteiger partial charge in [-0.3, -0.25) is 0 Å². The average Bonchev–Trinajstić information content (AvgIpc) is 3.14. The SMILES string of the molecule is C[C@H]1O[C@@H](O[C@H]2CC[C@@]3(C)C(CC[C@]4(C)C3C(O)C=C3C5CC(C)(C)CCC5(CO)[C@@H](O)C[C@]34C)[C@]2(C)CO)[C@H](O)[C@@H](O[C@@H]2O[C@H](CO)[C@@H](O)[C@H](O)[C@H]2O)[C@H]1O. The van der Waals surface area contributed by atoms with Gasteiger partial charge in [-0.2, -0.15) is 0 Å². The summed E-state index contributed by atoms with van der Waals surface area (Å²) in [7, 11) is 0. The van der Waals surface area contributed by atoms with E-state index in [9.17, 15) is 51.1 Å². The highest BCUT2D eigenvalue weighted by molar-refractivity contribution is 5.37. The summed E-state index contributed by atoms with van der Waals surface area (Å²) in [5, 5.41) is 110. The number of rotatable bonds is 7. The number of aliphatic hydroxyl groups is 10. The molecule has 7 rings (SSSR count). The Hall–Kier alpha value is -0.820. The quantitative estimate of drug-likeness (QED) is 0.126. The molecule has 0 aromatic carbocycles. The van der Waals surface area contributed by atoms with Crippen molar-refractivity contribution >= 4 is 0 Å².